The van der Waals surface area contributed by atoms with Gasteiger partial charge in [0, 0.05) is 35.2 Å². The van der Waals surface area contributed by atoms with E-state index in [1.807, 2.05) is 13.8 Å². The number of unbranched alkanes of at least 4 members (excludes halogenated alkanes) is 2. The molecule has 0 fully saturated rings. The van der Waals surface area contributed by atoms with Crippen LogP contribution in [0.4, 0.5) is 4.39 Å². The summed E-state index contributed by atoms with van der Waals surface area (Å²) in [5.41, 5.74) is 0.326. The predicted molar refractivity (Wildman–Crippen MR) is 180 cm³/mol. The van der Waals surface area contributed by atoms with E-state index in [1.165, 1.54) is 22.8 Å². The van der Waals surface area contributed by atoms with Crippen molar-refractivity contribution in [3.05, 3.63) is 98.9 Å². The molecular weight excluding hydrogens is 629 g/mol. The van der Waals surface area contributed by atoms with Gasteiger partial charge in [0.05, 0.1) is 22.2 Å². The van der Waals surface area contributed by atoms with Crippen molar-refractivity contribution in [3.63, 3.8) is 0 Å². The lowest BCUT2D eigenvalue weighted by Crippen LogP contribution is -2.40. The van der Waals surface area contributed by atoms with Crippen LogP contribution < -0.4 is 15.7 Å². The van der Waals surface area contributed by atoms with Crippen LogP contribution in [0.15, 0.2) is 70.4 Å². The highest BCUT2D eigenvalue weighted by Crippen LogP contribution is 2.30. The maximum absolute atomic E-state index is 15.7. The summed E-state index contributed by atoms with van der Waals surface area (Å²) in [5, 5.41) is 7.67. The van der Waals surface area contributed by atoms with Crippen LogP contribution in [0.5, 0.6) is 0 Å². The Balaban J connectivity index is 1.71. The summed E-state index contributed by atoms with van der Waals surface area (Å²) in [5.74, 6) is -0.428. The smallest absolute Gasteiger partial charge is 0.351 e. The first-order chi connectivity index (χ1) is 21.8. The van der Waals surface area contributed by atoms with Gasteiger partial charge in [0.25, 0.3) is 5.91 Å². The van der Waals surface area contributed by atoms with Gasteiger partial charge in [-0.05, 0) is 69.5 Å². The van der Waals surface area contributed by atoms with Crippen LogP contribution in [-0.4, -0.2) is 40.8 Å². The van der Waals surface area contributed by atoms with Gasteiger partial charge < -0.3 is 5.32 Å². The quantitative estimate of drug-likeness (QED) is 0.158. The molecule has 0 bridgehead atoms. The Morgan fingerprint density at radius 3 is 2.39 bits per heavy atom. The van der Waals surface area contributed by atoms with Gasteiger partial charge in [-0.25, -0.2) is 22.3 Å². The maximum Gasteiger partial charge on any atom is 0.351 e. The number of hydrogen-bond donors (Lipinski definition) is 2. The molecule has 0 saturated carbocycles. The van der Waals surface area contributed by atoms with Gasteiger partial charge >= 0.3 is 5.69 Å². The van der Waals surface area contributed by atoms with E-state index in [4.69, 9.17) is 11.6 Å². The van der Waals surface area contributed by atoms with Gasteiger partial charge in [0.15, 0.2) is 0 Å². The Morgan fingerprint density at radius 2 is 1.72 bits per heavy atom. The van der Waals surface area contributed by atoms with Gasteiger partial charge in [-0.1, -0.05) is 68.6 Å². The highest BCUT2D eigenvalue weighted by Gasteiger charge is 2.25. The predicted octanol–water partition coefficient (Wildman–Crippen LogP) is 6.49. The number of nitrogens with zero attached hydrogens (tertiary/aromatic N) is 3. The van der Waals surface area contributed by atoms with Crippen molar-refractivity contribution in [1.29, 1.82) is 0 Å². The first kappa shape index (κ1) is 35.1. The molecule has 246 valence electrons. The standard InChI is InChI=1S/C34H41ClFN5O4S/c1-6-8-14-31-38-41(29-21-24(17-18-27(29)35)32(42)37-19-9-7-2)33(43)40(31)22-25-16-15-23(20-28(25)36)26-12-10-11-13-30(26)46(44,45)39-34(3,4)5/h10-13,15-18,20-21,39H,6-9,14,19,22H2,1-5H3,(H,37,42). The van der Waals surface area contributed by atoms with Crippen molar-refractivity contribution < 1.29 is 17.6 Å². The lowest BCUT2D eigenvalue weighted by molar-refractivity contribution is 0.0953. The fourth-order valence-electron chi connectivity index (χ4n) is 4.98. The molecule has 1 heterocycles. The monoisotopic (exact) mass is 669 g/mol. The van der Waals surface area contributed by atoms with E-state index in [-0.39, 0.29) is 33.6 Å². The van der Waals surface area contributed by atoms with Crippen LogP contribution in [0.25, 0.3) is 16.8 Å². The Bertz CT molecular complexity index is 1880. The topological polar surface area (TPSA) is 115 Å². The Hall–Kier alpha value is -3.80. The van der Waals surface area contributed by atoms with Crippen LogP contribution in [0.2, 0.25) is 5.02 Å². The van der Waals surface area contributed by atoms with Crippen LogP contribution in [0, 0.1) is 5.82 Å². The molecule has 4 aromatic rings. The summed E-state index contributed by atoms with van der Waals surface area (Å²) in [6.45, 7) is 9.71. The zero-order chi connectivity index (χ0) is 33.6. The second-order valence-electron chi connectivity index (χ2n) is 12.2. The summed E-state index contributed by atoms with van der Waals surface area (Å²) in [7, 11) is -3.90. The fraction of sp³-hybridized carbons (Fsp3) is 0.382. The third kappa shape index (κ3) is 8.31. The minimum Gasteiger partial charge on any atom is -0.352 e. The number of carbonyl (C=O) groups excluding carboxylic acids is 1. The molecule has 0 saturated heterocycles. The van der Waals surface area contributed by atoms with Gasteiger partial charge in [-0.3, -0.25) is 9.36 Å². The molecule has 0 atom stereocenters. The molecule has 12 heteroatoms. The lowest BCUT2D eigenvalue weighted by Gasteiger charge is -2.21. The van der Waals surface area contributed by atoms with Crippen LogP contribution >= 0.6 is 11.6 Å². The molecule has 3 aromatic carbocycles. The summed E-state index contributed by atoms with van der Waals surface area (Å²) >= 11 is 6.49. The van der Waals surface area contributed by atoms with Crippen molar-refractivity contribution in [2.45, 2.75) is 83.7 Å². The Kier molecular flexibility index (Phi) is 11.2. The number of aryl methyl sites for hydroxylation is 1. The van der Waals surface area contributed by atoms with E-state index in [2.05, 4.69) is 15.1 Å². The number of hydrogen-bond acceptors (Lipinski definition) is 5. The average Bonchev–Trinajstić information content (AvgIpc) is 3.30. The molecule has 0 aliphatic heterocycles. The molecule has 0 aliphatic carbocycles. The number of benzene rings is 3. The van der Waals surface area contributed by atoms with E-state index in [1.54, 1.807) is 63.2 Å². The van der Waals surface area contributed by atoms with Crippen molar-refractivity contribution in [2.24, 2.45) is 0 Å². The van der Waals surface area contributed by atoms with Crippen LogP contribution in [0.1, 0.15) is 82.0 Å². The van der Waals surface area contributed by atoms with Gasteiger partial charge in [-0.15, -0.1) is 5.10 Å². The molecule has 0 spiro atoms. The third-order valence-corrected chi connectivity index (χ3v) is 9.39. The van der Waals surface area contributed by atoms with E-state index < -0.39 is 27.1 Å². The molecule has 9 nitrogen and oxygen atoms in total. The minimum atomic E-state index is -3.90. The molecule has 4 rings (SSSR count). The number of aromatic nitrogens is 3. The van der Waals surface area contributed by atoms with Crippen molar-refractivity contribution >= 4 is 27.5 Å². The molecule has 0 radical (unpaired) electrons. The number of amides is 1. The molecule has 1 amide bonds. The van der Waals surface area contributed by atoms with E-state index in [0.29, 0.717) is 35.5 Å². The Morgan fingerprint density at radius 1 is 1.00 bits per heavy atom. The molecule has 0 unspecified atom stereocenters. The number of rotatable bonds is 13. The summed E-state index contributed by atoms with van der Waals surface area (Å²) in [6.07, 6.45) is 3.85. The van der Waals surface area contributed by atoms with Crippen molar-refractivity contribution in [3.8, 4) is 16.8 Å². The van der Waals surface area contributed by atoms with Crippen LogP contribution in [0.3, 0.4) is 0 Å². The Labute approximate surface area is 274 Å². The number of sulfonamides is 1. The highest BCUT2D eigenvalue weighted by molar-refractivity contribution is 7.89. The number of nitrogens with one attached hydrogen (secondary N) is 2. The first-order valence-electron chi connectivity index (χ1n) is 15.4. The highest BCUT2D eigenvalue weighted by atomic mass is 35.5. The molecule has 1 aromatic heterocycles. The van der Waals surface area contributed by atoms with Gasteiger partial charge in [0.2, 0.25) is 10.0 Å². The largest absolute Gasteiger partial charge is 0.352 e. The minimum absolute atomic E-state index is 0.0366. The SMILES string of the molecule is CCCCNC(=O)c1ccc(Cl)c(-n2nc(CCCC)n(Cc3ccc(-c4ccccc4S(=O)(=O)NC(C)(C)C)cc3F)c2=O)c1. The molecular formula is C34H41ClFN5O4S. The summed E-state index contributed by atoms with van der Waals surface area (Å²) in [6, 6.07) is 15.6. The molecule has 2 N–H and O–H groups in total. The van der Waals surface area contributed by atoms with Crippen molar-refractivity contribution in [1.82, 2.24) is 24.4 Å². The van der Waals surface area contributed by atoms with Gasteiger partial charge in [0.1, 0.15) is 11.6 Å². The third-order valence-electron chi connectivity index (χ3n) is 7.26. The molecule has 0 aliphatic rings. The first-order valence-corrected chi connectivity index (χ1v) is 17.3. The summed E-state index contributed by atoms with van der Waals surface area (Å²) < 4.78 is 47.3. The zero-order valence-corrected chi connectivity index (χ0v) is 28.4. The van der Waals surface area contributed by atoms with E-state index in [0.717, 1.165) is 30.4 Å². The lowest BCUT2D eigenvalue weighted by atomic mass is 10.0. The second-order valence-corrected chi connectivity index (χ2v) is 14.3. The van der Waals surface area contributed by atoms with E-state index >= 15 is 4.39 Å². The number of halogens is 2. The second kappa shape index (κ2) is 14.7. The fourth-order valence-corrected chi connectivity index (χ4v) is 6.83. The zero-order valence-electron chi connectivity index (χ0n) is 26.9. The average molecular weight is 670 g/mol. The van der Waals surface area contributed by atoms with Crippen molar-refractivity contribution in [2.75, 3.05) is 6.54 Å². The maximum atomic E-state index is 15.7. The van der Waals surface area contributed by atoms with E-state index in [9.17, 15) is 18.0 Å². The van der Waals surface area contributed by atoms with Gasteiger partial charge in [-0.2, -0.15) is 4.68 Å². The van der Waals surface area contributed by atoms with Crippen LogP contribution in [-0.2, 0) is 23.0 Å². The number of carbonyl (C=O) groups is 1. The summed E-state index contributed by atoms with van der Waals surface area (Å²) in [4.78, 5) is 26.5. The molecule has 46 heavy (non-hydrogen) atoms. The normalized spacial score (nSPS) is 12.0.